The molecule has 0 aliphatic rings. The fraction of sp³-hybridized carbons (Fsp3) is 0.391. The summed E-state index contributed by atoms with van der Waals surface area (Å²) in [6.07, 6.45) is 0.601. The van der Waals surface area contributed by atoms with Crippen molar-refractivity contribution in [3.05, 3.63) is 71.3 Å². The smallest absolute Gasteiger partial charge is 0.338 e. The van der Waals surface area contributed by atoms with E-state index in [4.69, 9.17) is 9.47 Å². The van der Waals surface area contributed by atoms with Gasteiger partial charge >= 0.3 is 5.97 Å². The number of aliphatic hydroxyl groups excluding tert-OH is 1. The molecule has 1 atom stereocenters. The third-order valence-electron chi connectivity index (χ3n) is 4.33. The van der Waals surface area contributed by atoms with Gasteiger partial charge in [0, 0.05) is 13.0 Å². The van der Waals surface area contributed by atoms with Crippen LogP contribution < -0.4 is 5.32 Å². The molecule has 1 amide bonds. The molecular weight excluding hydrogens is 370 g/mol. The fourth-order valence-corrected chi connectivity index (χ4v) is 2.72. The lowest BCUT2D eigenvalue weighted by Crippen LogP contribution is -2.27. The predicted octanol–water partition coefficient (Wildman–Crippen LogP) is 2.88. The Labute approximate surface area is 171 Å². The van der Waals surface area contributed by atoms with E-state index in [1.165, 1.54) is 0 Å². The maximum Gasteiger partial charge on any atom is 0.338 e. The predicted molar refractivity (Wildman–Crippen MR) is 110 cm³/mol. The molecule has 0 aliphatic heterocycles. The maximum absolute atomic E-state index is 11.9. The van der Waals surface area contributed by atoms with E-state index >= 15 is 0 Å². The number of carbonyl (C=O) groups is 2. The molecule has 0 saturated carbocycles. The van der Waals surface area contributed by atoms with E-state index < -0.39 is 6.10 Å². The number of amides is 1. The lowest BCUT2D eigenvalue weighted by Gasteiger charge is -2.11. The molecule has 0 spiro atoms. The second kappa shape index (κ2) is 12.7. The van der Waals surface area contributed by atoms with Crippen molar-refractivity contribution in [3.8, 4) is 0 Å². The monoisotopic (exact) mass is 399 g/mol. The van der Waals surface area contributed by atoms with Gasteiger partial charge in [0.1, 0.15) is 0 Å². The van der Waals surface area contributed by atoms with Crippen LogP contribution in [-0.4, -0.2) is 42.8 Å². The maximum atomic E-state index is 11.9. The van der Waals surface area contributed by atoms with E-state index in [0.29, 0.717) is 38.2 Å². The van der Waals surface area contributed by atoms with E-state index in [0.717, 1.165) is 11.1 Å². The highest BCUT2D eigenvalue weighted by Crippen LogP contribution is 2.07. The Balaban J connectivity index is 1.57. The fourth-order valence-electron chi connectivity index (χ4n) is 2.72. The largest absolute Gasteiger partial charge is 0.462 e. The molecule has 2 rings (SSSR count). The SMILES string of the molecule is CCOC(=O)c1ccc(CCNC(=O)CC[C@H](O)COCc2ccccc2)cc1. The Morgan fingerprint density at radius 3 is 2.45 bits per heavy atom. The molecule has 156 valence electrons. The topological polar surface area (TPSA) is 84.9 Å². The first-order valence-electron chi connectivity index (χ1n) is 9.91. The number of rotatable bonds is 12. The summed E-state index contributed by atoms with van der Waals surface area (Å²) in [5, 5.41) is 12.8. The molecule has 0 heterocycles. The van der Waals surface area contributed by atoms with Crippen LogP contribution in [0.4, 0.5) is 0 Å². The van der Waals surface area contributed by atoms with Gasteiger partial charge in [-0.15, -0.1) is 0 Å². The average Bonchev–Trinajstić information content (AvgIpc) is 2.74. The Bertz CT molecular complexity index is 746. The highest BCUT2D eigenvalue weighted by Gasteiger charge is 2.09. The first kappa shape index (κ1) is 22.6. The van der Waals surface area contributed by atoms with Crippen LogP contribution in [0.25, 0.3) is 0 Å². The molecule has 0 bridgehead atoms. The van der Waals surface area contributed by atoms with Gasteiger partial charge in [0.2, 0.25) is 5.91 Å². The van der Waals surface area contributed by atoms with Crippen LogP contribution in [0, 0.1) is 0 Å². The molecule has 0 aliphatic carbocycles. The Morgan fingerprint density at radius 1 is 1.03 bits per heavy atom. The molecule has 2 aromatic rings. The summed E-state index contributed by atoms with van der Waals surface area (Å²) in [5.74, 6) is -0.436. The number of nitrogens with one attached hydrogen (secondary N) is 1. The number of aliphatic hydroxyl groups is 1. The summed E-state index contributed by atoms with van der Waals surface area (Å²) in [6, 6.07) is 16.9. The number of benzene rings is 2. The lowest BCUT2D eigenvalue weighted by molar-refractivity contribution is -0.121. The van der Waals surface area contributed by atoms with Crippen molar-refractivity contribution in [2.75, 3.05) is 19.8 Å². The molecule has 0 aromatic heterocycles. The normalized spacial score (nSPS) is 11.7. The minimum atomic E-state index is -0.667. The quantitative estimate of drug-likeness (QED) is 0.536. The number of esters is 1. The Morgan fingerprint density at radius 2 is 1.76 bits per heavy atom. The standard InChI is InChI=1S/C23H29NO5/c1-2-29-23(27)20-10-8-18(9-11-20)14-15-24-22(26)13-12-21(25)17-28-16-19-6-4-3-5-7-19/h3-11,21,25H,2,12-17H2,1H3,(H,24,26)/t21-/m0/s1. The van der Waals surface area contributed by atoms with Crippen LogP contribution in [0.1, 0.15) is 41.3 Å². The summed E-state index contributed by atoms with van der Waals surface area (Å²) in [4.78, 5) is 23.5. The van der Waals surface area contributed by atoms with Gasteiger partial charge in [0.15, 0.2) is 0 Å². The van der Waals surface area contributed by atoms with E-state index in [2.05, 4.69) is 5.32 Å². The van der Waals surface area contributed by atoms with Crippen molar-refractivity contribution in [1.82, 2.24) is 5.32 Å². The van der Waals surface area contributed by atoms with Crippen molar-refractivity contribution in [2.24, 2.45) is 0 Å². The van der Waals surface area contributed by atoms with Crippen molar-refractivity contribution < 1.29 is 24.2 Å². The van der Waals surface area contributed by atoms with Crippen molar-refractivity contribution in [1.29, 1.82) is 0 Å². The summed E-state index contributed by atoms with van der Waals surface area (Å²) in [6.45, 7) is 3.26. The summed E-state index contributed by atoms with van der Waals surface area (Å²) >= 11 is 0. The van der Waals surface area contributed by atoms with E-state index in [1.807, 2.05) is 42.5 Å². The summed E-state index contributed by atoms with van der Waals surface area (Å²) in [5.41, 5.74) is 2.59. The van der Waals surface area contributed by atoms with Crippen LogP contribution in [-0.2, 0) is 27.3 Å². The second-order valence-electron chi connectivity index (χ2n) is 6.71. The van der Waals surface area contributed by atoms with Gasteiger partial charge in [0.25, 0.3) is 0 Å². The van der Waals surface area contributed by atoms with Crippen LogP contribution in [0.5, 0.6) is 0 Å². The van der Waals surface area contributed by atoms with Gasteiger partial charge in [0.05, 0.1) is 31.5 Å². The highest BCUT2D eigenvalue weighted by atomic mass is 16.5. The molecule has 0 saturated heterocycles. The van der Waals surface area contributed by atoms with E-state index in [9.17, 15) is 14.7 Å². The zero-order chi connectivity index (χ0) is 20.9. The van der Waals surface area contributed by atoms with Crippen LogP contribution >= 0.6 is 0 Å². The van der Waals surface area contributed by atoms with Gasteiger partial charge in [-0.05, 0) is 43.0 Å². The second-order valence-corrected chi connectivity index (χ2v) is 6.71. The van der Waals surface area contributed by atoms with Gasteiger partial charge in [-0.1, -0.05) is 42.5 Å². The summed E-state index contributed by atoms with van der Waals surface area (Å²) < 4.78 is 10.4. The molecule has 6 heteroatoms. The lowest BCUT2D eigenvalue weighted by atomic mass is 10.1. The molecule has 29 heavy (non-hydrogen) atoms. The van der Waals surface area contributed by atoms with Gasteiger partial charge in [-0.25, -0.2) is 4.79 Å². The molecule has 0 fully saturated rings. The number of hydrogen-bond donors (Lipinski definition) is 2. The highest BCUT2D eigenvalue weighted by molar-refractivity contribution is 5.89. The molecule has 2 N–H and O–H groups in total. The number of ether oxygens (including phenoxy) is 2. The average molecular weight is 399 g/mol. The van der Waals surface area contributed by atoms with Crippen molar-refractivity contribution in [2.45, 2.75) is 38.9 Å². The zero-order valence-corrected chi connectivity index (χ0v) is 16.8. The first-order chi connectivity index (χ1) is 14.1. The Kier molecular flexibility index (Phi) is 9.89. The number of carbonyl (C=O) groups excluding carboxylic acids is 2. The molecule has 0 unspecified atom stereocenters. The van der Waals surface area contributed by atoms with Crippen LogP contribution in [0.2, 0.25) is 0 Å². The third kappa shape index (κ3) is 8.89. The van der Waals surface area contributed by atoms with Gasteiger partial charge in [-0.2, -0.15) is 0 Å². The van der Waals surface area contributed by atoms with E-state index in [1.54, 1.807) is 19.1 Å². The van der Waals surface area contributed by atoms with Gasteiger partial charge < -0.3 is 19.9 Å². The third-order valence-corrected chi connectivity index (χ3v) is 4.33. The molecule has 6 nitrogen and oxygen atoms in total. The molecular formula is C23H29NO5. The van der Waals surface area contributed by atoms with Crippen LogP contribution in [0.3, 0.4) is 0 Å². The molecule has 2 aromatic carbocycles. The van der Waals surface area contributed by atoms with Crippen LogP contribution in [0.15, 0.2) is 54.6 Å². The minimum Gasteiger partial charge on any atom is -0.462 e. The minimum absolute atomic E-state index is 0.102. The Hall–Kier alpha value is -2.70. The van der Waals surface area contributed by atoms with Crippen molar-refractivity contribution in [3.63, 3.8) is 0 Å². The van der Waals surface area contributed by atoms with Gasteiger partial charge in [-0.3, -0.25) is 4.79 Å². The van der Waals surface area contributed by atoms with E-state index in [-0.39, 0.29) is 24.9 Å². The molecule has 0 radical (unpaired) electrons. The first-order valence-corrected chi connectivity index (χ1v) is 9.91. The zero-order valence-electron chi connectivity index (χ0n) is 16.8. The number of hydrogen-bond acceptors (Lipinski definition) is 5. The van der Waals surface area contributed by atoms with Crippen molar-refractivity contribution >= 4 is 11.9 Å². The summed E-state index contributed by atoms with van der Waals surface area (Å²) in [7, 11) is 0.